The monoisotopic (exact) mass is 243 g/mol. The second-order valence-corrected chi connectivity index (χ2v) is 4.70. The summed E-state index contributed by atoms with van der Waals surface area (Å²) in [5, 5.41) is 14.7. The standard InChI is InChI=1S/C14H17N3O/c1-10(6-7-15)17-14(18)8-11-9-16-13-5-3-2-4-12(11)13/h2-5,10-11,16H,6,8-9H2,1H3,(H,17,18). The van der Waals surface area contributed by atoms with Gasteiger partial charge in [0, 0.05) is 30.6 Å². The first kappa shape index (κ1) is 12.4. The van der Waals surface area contributed by atoms with Crippen LogP contribution in [-0.4, -0.2) is 18.5 Å². The number of fused-ring (bicyclic) bond motifs is 1. The minimum absolute atomic E-state index is 0.0150. The van der Waals surface area contributed by atoms with Gasteiger partial charge in [0.15, 0.2) is 0 Å². The van der Waals surface area contributed by atoms with E-state index in [1.54, 1.807) is 0 Å². The van der Waals surface area contributed by atoms with Crippen LogP contribution in [0.15, 0.2) is 24.3 Å². The number of hydrogen-bond acceptors (Lipinski definition) is 3. The highest BCUT2D eigenvalue weighted by Gasteiger charge is 2.24. The average molecular weight is 243 g/mol. The molecule has 94 valence electrons. The van der Waals surface area contributed by atoms with E-state index in [2.05, 4.69) is 22.8 Å². The Bertz CT molecular complexity index is 478. The number of carbonyl (C=O) groups excluding carboxylic acids is 1. The molecule has 1 amide bonds. The molecule has 1 aliphatic heterocycles. The van der Waals surface area contributed by atoms with Crippen LogP contribution in [-0.2, 0) is 4.79 Å². The minimum atomic E-state index is -0.0768. The Kier molecular flexibility index (Phi) is 3.83. The van der Waals surface area contributed by atoms with Gasteiger partial charge in [0.1, 0.15) is 0 Å². The molecule has 2 unspecified atom stereocenters. The molecule has 2 atom stereocenters. The van der Waals surface area contributed by atoms with Crippen molar-refractivity contribution >= 4 is 11.6 Å². The molecule has 0 aliphatic carbocycles. The SMILES string of the molecule is CC(CC#N)NC(=O)CC1CNc2ccccc21. The molecule has 1 heterocycles. The van der Waals surface area contributed by atoms with Crippen LogP contribution in [0.4, 0.5) is 5.69 Å². The molecule has 4 nitrogen and oxygen atoms in total. The summed E-state index contributed by atoms with van der Waals surface area (Å²) in [7, 11) is 0. The Morgan fingerprint density at radius 2 is 2.39 bits per heavy atom. The van der Waals surface area contributed by atoms with Crippen LogP contribution in [0, 0.1) is 11.3 Å². The van der Waals surface area contributed by atoms with Crippen LogP contribution < -0.4 is 10.6 Å². The fourth-order valence-electron chi connectivity index (χ4n) is 2.28. The molecule has 0 saturated heterocycles. The molecule has 0 radical (unpaired) electrons. The number of para-hydroxylation sites is 1. The van der Waals surface area contributed by atoms with Gasteiger partial charge < -0.3 is 10.6 Å². The maximum absolute atomic E-state index is 11.8. The maximum Gasteiger partial charge on any atom is 0.220 e. The van der Waals surface area contributed by atoms with E-state index in [1.807, 2.05) is 25.1 Å². The Balaban J connectivity index is 1.92. The van der Waals surface area contributed by atoms with Crippen LogP contribution in [0.3, 0.4) is 0 Å². The van der Waals surface area contributed by atoms with Crippen molar-refractivity contribution in [3.05, 3.63) is 29.8 Å². The summed E-state index contributed by atoms with van der Waals surface area (Å²) in [6.45, 7) is 2.65. The van der Waals surface area contributed by atoms with E-state index in [9.17, 15) is 4.79 Å². The third kappa shape index (κ3) is 2.80. The average Bonchev–Trinajstić information content (AvgIpc) is 2.73. The zero-order chi connectivity index (χ0) is 13.0. The van der Waals surface area contributed by atoms with Gasteiger partial charge in [0.2, 0.25) is 5.91 Å². The van der Waals surface area contributed by atoms with E-state index >= 15 is 0 Å². The molecule has 0 bridgehead atoms. The molecule has 0 aromatic heterocycles. The Morgan fingerprint density at radius 3 is 3.17 bits per heavy atom. The number of amides is 1. The summed E-state index contributed by atoms with van der Waals surface area (Å²) in [5.74, 6) is 0.247. The second kappa shape index (κ2) is 5.54. The number of hydrogen-bond donors (Lipinski definition) is 2. The number of carbonyl (C=O) groups is 1. The number of anilines is 1. The van der Waals surface area contributed by atoms with E-state index in [4.69, 9.17) is 5.26 Å². The highest BCUT2D eigenvalue weighted by molar-refractivity contribution is 5.78. The highest BCUT2D eigenvalue weighted by atomic mass is 16.1. The predicted octanol–water partition coefficient (Wildman–Crippen LogP) is 2.00. The quantitative estimate of drug-likeness (QED) is 0.850. The minimum Gasteiger partial charge on any atom is -0.384 e. The zero-order valence-corrected chi connectivity index (χ0v) is 10.4. The Hall–Kier alpha value is -2.02. The zero-order valence-electron chi connectivity index (χ0n) is 10.4. The van der Waals surface area contributed by atoms with E-state index in [0.29, 0.717) is 12.8 Å². The number of rotatable bonds is 4. The van der Waals surface area contributed by atoms with Crippen molar-refractivity contribution in [2.24, 2.45) is 0 Å². The maximum atomic E-state index is 11.8. The van der Waals surface area contributed by atoms with Gasteiger partial charge in [0.05, 0.1) is 12.5 Å². The normalized spacial score (nSPS) is 18.3. The van der Waals surface area contributed by atoms with E-state index in [-0.39, 0.29) is 17.9 Å². The van der Waals surface area contributed by atoms with Gasteiger partial charge in [-0.3, -0.25) is 4.79 Å². The van der Waals surface area contributed by atoms with Crippen molar-refractivity contribution in [3.8, 4) is 6.07 Å². The van der Waals surface area contributed by atoms with Gasteiger partial charge in [-0.1, -0.05) is 18.2 Å². The van der Waals surface area contributed by atoms with Crippen molar-refractivity contribution in [2.45, 2.75) is 31.7 Å². The van der Waals surface area contributed by atoms with Gasteiger partial charge in [0.25, 0.3) is 0 Å². The topological polar surface area (TPSA) is 64.9 Å². The van der Waals surface area contributed by atoms with Crippen molar-refractivity contribution in [1.82, 2.24) is 5.32 Å². The molecule has 18 heavy (non-hydrogen) atoms. The molecule has 0 spiro atoms. The molecular weight excluding hydrogens is 226 g/mol. The number of nitriles is 1. The Labute approximate surface area is 107 Å². The van der Waals surface area contributed by atoms with Crippen LogP contribution in [0.1, 0.15) is 31.2 Å². The fraction of sp³-hybridized carbons (Fsp3) is 0.429. The van der Waals surface area contributed by atoms with Crippen molar-refractivity contribution < 1.29 is 4.79 Å². The summed E-state index contributed by atoms with van der Waals surface area (Å²) in [6, 6.07) is 10.1. The summed E-state index contributed by atoms with van der Waals surface area (Å²) in [6.07, 6.45) is 0.824. The lowest BCUT2D eigenvalue weighted by atomic mass is 9.97. The molecule has 0 saturated carbocycles. The lowest BCUT2D eigenvalue weighted by molar-refractivity contribution is -0.121. The molecule has 0 fully saturated rings. The third-order valence-corrected chi connectivity index (χ3v) is 3.18. The summed E-state index contributed by atoms with van der Waals surface area (Å²) in [5.41, 5.74) is 2.33. The van der Waals surface area contributed by atoms with Crippen molar-refractivity contribution in [3.63, 3.8) is 0 Å². The van der Waals surface area contributed by atoms with Gasteiger partial charge in [-0.2, -0.15) is 5.26 Å². The summed E-state index contributed by atoms with van der Waals surface area (Å²) >= 11 is 0. The van der Waals surface area contributed by atoms with Crippen molar-refractivity contribution in [1.29, 1.82) is 5.26 Å². The second-order valence-electron chi connectivity index (χ2n) is 4.70. The lowest BCUT2D eigenvalue weighted by Crippen LogP contribution is -2.33. The molecule has 1 aromatic rings. The van der Waals surface area contributed by atoms with E-state index < -0.39 is 0 Å². The number of nitrogens with one attached hydrogen (secondary N) is 2. The van der Waals surface area contributed by atoms with Gasteiger partial charge in [-0.25, -0.2) is 0 Å². The lowest BCUT2D eigenvalue weighted by Gasteiger charge is -2.13. The van der Waals surface area contributed by atoms with Crippen LogP contribution >= 0.6 is 0 Å². The Morgan fingerprint density at radius 1 is 1.61 bits per heavy atom. The highest BCUT2D eigenvalue weighted by Crippen LogP contribution is 2.32. The molecular formula is C14H17N3O. The van der Waals surface area contributed by atoms with Crippen LogP contribution in [0.2, 0.25) is 0 Å². The van der Waals surface area contributed by atoms with E-state index in [1.165, 1.54) is 5.56 Å². The molecule has 2 N–H and O–H groups in total. The molecule has 2 rings (SSSR count). The fourth-order valence-corrected chi connectivity index (χ4v) is 2.28. The van der Waals surface area contributed by atoms with E-state index in [0.717, 1.165) is 12.2 Å². The summed E-state index contributed by atoms with van der Waals surface area (Å²) < 4.78 is 0. The first-order valence-corrected chi connectivity index (χ1v) is 6.20. The number of benzene rings is 1. The predicted molar refractivity (Wildman–Crippen MR) is 70.1 cm³/mol. The summed E-state index contributed by atoms with van der Waals surface area (Å²) in [4.78, 5) is 11.8. The van der Waals surface area contributed by atoms with Gasteiger partial charge in [-0.05, 0) is 18.6 Å². The molecule has 4 heteroatoms. The smallest absolute Gasteiger partial charge is 0.220 e. The molecule has 1 aliphatic rings. The largest absolute Gasteiger partial charge is 0.384 e. The van der Waals surface area contributed by atoms with Gasteiger partial charge in [-0.15, -0.1) is 0 Å². The van der Waals surface area contributed by atoms with Crippen molar-refractivity contribution in [2.75, 3.05) is 11.9 Å². The molecule has 1 aromatic carbocycles. The van der Waals surface area contributed by atoms with Crippen LogP contribution in [0.5, 0.6) is 0 Å². The first-order chi connectivity index (χ1) is 8.70. The van der Waals surface area contributed by atoms with Crippen LogP contribution in [0.25, 0.3) is 0 Å². The van der Waals surface area contributed by atoms with Gasteiger partial charge >= 0.3 is 0 Å². The first-order valence-electron chi connectivity index (χ1n) is 6.20. The third-order valence-electron chi connectivity index (χ3n) is 3.18. The number of nitrogens with zero attached hydrogens (tertiary/aromatic N) is 1.